The molecule has 5 heteroatoms. The fourth-order valence-electron chi connectivity index (χ4n) is 2.07. The van der Waals surface area contributed by atoms with Gasteiger partial charge in [-0.3, -0.25) is 4.79 Å². The summed E-state index contributed by atoms with van der Waals surface area (Å²) in [5, 5.41) is 9.31. The Bertz CT molecular complexity index is 822. The molecule has 122 valence electrons. The van der Waals surface area contributed by atoms with E-state index >= 15 is 0 Å². The number of nitrogens with zero attached hydrogens (tertiary/aromatic N) is 1. The molecule has 0 bridgehead atoms. The number of hydrogen-bond donors (Lipinski definition) is 0. The highest BCUT2D eigenvalue weighted by Crippen LogP contribution is 2.30. The first kappa shape index (κ1) is 17.2. The molecular formula is C19H16FNO3. The van der Waals surface area contributed by atoms with Gasteiger partial charge in [0.15, 0.2) is 11.5 Å². The zero-order chi connectivity index (χ0) is 17.5. The van der Waals surface area contributed by atoms with Crippen molar-refractivity contribution in [3.63, 3.8) is 0 Å². The van der Waals surface area contributed by atoms with Crippen LogP contribution in [0.3, 0.4) is 0 Å². The Labute approximate surface area is 139 Å². The van der Waals surface area contributed by atoms with Crippen LogP contribution in [-0.4, -0.2) is 13.1 Å². The third-order valence-electron chi connectivity index (χ3n) is 3.30. The Morgan fingerprint density at radius 1 is 1.25 bits per heavy atom. The second-order valence-corrected chi connectivity index (χ2v) is 4.89. The number of benzene rings is 2. The van der Waals surface area contributed by atoms with E-state index in [0.29, 0.717) is 17.1 Å². The Morgan fingerprint density at radius 2 is 2.00 bits per heavy atom. The number of esters is 1. The molecule has 0 saturated carbocycles. The molecule has 0 aliphatic carbocycles. The molecule has 2 aromatic rings. The maximum absolute atomic E-state index is 13.8. The first-order valence-electron chi connectivity index (χ1n) is 7.34. The third-order valence-corrected chi connectivity index (χ3v) is 3.30. The lowest BCUT2D eigenvalue weighted by atomic mass is 10.0. The third kappa shape index (κ3) is 3.99. The van der Waals surface area contributed by atoms with Crippen LogP contribution >= 0.6 is 0 Å². The van der Waals surface area contributed by atoms with Gasteiger partial charge in [-0.2, -0.15) is 5.26 Å². The van der Waals surface area contributed by atoms with Gasteiger partial charge in [-0.15, -0.1) is 0 Å². The van der Waals surface area contributed by atoms with Crippen molar-refractivity contribution in [2.24, 2.45) is 0 Å². The number of nitriles is 1. The summed E-state index contributed by atoms with van der Waals surface area (Å²) < 4.78 is 24.2. The molecule has 0 saturated heterocycles. The number of carbonyl (C=O) groups excluding carboxylic acids is 1. The molecule has 0 radical (unpaired) electrons. The number of allylic oxidation sites excluding steroid dienone is 1. The zero-order valence-electron chi connectivity index (χ0n) is 13.4. The van der Waals surface area contributed by atoms with Crippen molar-refractivity contribution in [1.29, 1.82) is 5.26 Å². The Hall–Kier alpha value is -3.13. The average molecular weight is 325 g/mol. The minimum atomic E-state index is -0.467. The van der Waals surface area contributed by atoms with Crippen molar-refractivity contribution in [2.45, 2.75) is 13.3 Å². The maximum Gasteiger partial charge on any atom is 0.311 e. The van der Waals surface area contributed by atoms with E-state index in [2.05, 4.69) is 0 Å². The minimum Gasteiger partial charge on any atom is -0.493 e. The predicted molar refractivity (Wildman–Crippen MR) is 88.8 cm³/mol. The van der Waals surface area contributed by atoms with Gasteiger partial charge in [-0.1, -0.05) is 31.2 Å². The SMILES string of the molecule is CCC(=O)Oc1ccc(/C=C(/C#N)c2ccccc2F)cc1OC. The van der Waals surface area contributed by atoms with Gasteiger partial charge >= 0.3 is 5.97 Å². The molecule has 0 spiro atoms. The Morgan fingerprint density at radius 3 is 2.62 bits per heavy atom. The van der Waals surface area contributed by atoms with E-state index in [1.54, 1.807) is 49.4 Å². The summed E-state index contributed by atoms with van der Waals surface area (Å²) in [6.45, 7) is 1.69. The van der Waals surface area contributed by atoms with Crippen molar-refractivity contribution in [3.05, 3.63) is 59.4 Å². The lowest BCUT2D eigenvalue weighted by Crippen LogP contribution is -2.06. The van der Waals surface area contributed by atoms with Crippen molar-refractivity contribution >= 4 is 17.6 Å². The van der Waals surface area contributed by atoms with Crippen LogP contribution in [0.4, 0.5) is 4.39 Å². The lowest BCUT2D eigenvalue weighted by Gasteiger charge is -2.09. The molecule has 2 aromatic carbocycles. The zero-order valence-corrected chi connectivity index (χ0v) is 13.4. The Balaban J connectivity index is 2.40. The van der Waals surface area contributed by atoms with E-state index in [4.69, 9.17) is 9.47 Å². The second kappa shape index (κ2) is 7.93. The monoisotopic (exact) mass is 325 g/mol. The molecule has 0 aromatic heterocycles. The molecule has 4 nitrogen and oxygen atoms in total. The highest BCUT2D eigenvalue weighted by Gasteiger charge is 2.11. The van der Waals surface area contributed by atoms with Crippen LogP contribution in [0.15, 0.2) is 42.5 Å². The topological polar surface area (TPSA) is 59.3 Å². The number of halogens is 1. The van der Waals surface area contributed by atoms with Gasteiger partial charge < -0.3 is 9.47 Å². The molecule has 2 rings (SSSR count). The summed E-state index contributed by atoms with van der Waals surface area (Å²) in [6, 6.07) is 12.9. The molecule has 24 heavy (non-hydrogen) atoms. The normalized spacial score (nSPS) is 10.8. The van der Waals surface area contributed by atoms with Gasteiger partial charge in [0.05, 0.1) is 18.8 Å². The van der Waals surface area contributed by atoms with Crippen LogP contribution < -0.4 is 9.47 Å². The highest BCUT2D eigenvalue weighted by atomic mass is 19.1. The molecule has 0 amide bonds. The van der Waals surface area contributed by atoms with Gasteiger partial charge in [0.2, 0.25) is 0 Å². The number of rotatable bonds is 5. The molecule has 0 atom stereocenters. The minimum absolute atomic E-state index is 0.188. The van der Waals surface area contributed by atoms with Gasteiger partial charge in [-0.25, -0.2) is 4.39 Å². The van der Waals surface area contributed by atoms with E-state index in [9.17, 15) is 14.4 Å². The van der Waals surface area contributed by atoms with Crippen molar-refractivity contribution in [2.75, 3.05) is 7.11 Å². The van der Waals surface area contributed by atoms with Crippen LogP contribution in [0.1, 0.15) is 24.5 Å². The van der Waals surface area contributed by atoms with Crippen molar-refractivity contribution in [1.82, 2.24) is 0 Å². The first-order chi connectivity index (χ1) is 11.6. The largest absolute Gasteiger partial charge is 0.493 e. The van der Waals surface area contributed by atoms with Crippen LogP contribution in [-0.2, 0) is 4.79 Å². The van der Waals surface area contributed by atoms with E-state index < -0.39 is 5.82 Å². The number of carbonyl (C=O) groups is 1. The number of methoxy groups -OCH3 is 1. The standard InChI is InChI=1S/C19H16FNO3/c1-3-19(22)24-17-9-8-13(11-18(17)23-2)10-14(12-21)15-6-4-5-7-16(15)20/h4-11H,3H2,1-2H3/b14-10-. The molecule has 0 heterocycles. The quantitative estimate of drug-likeness (QED) is 0.357. The Kier molecular flexibility index (Phi) is 5.69. The van der Waals surface area contributed by atoms with Gasteiger partial charge in [0.1, 0.15) is 5.82 Å². The van der Waals surface area contributed by atoms with E-state index in [-0.39, 0.29) is 23.5 Å². The number of hydrogen-bond acceptors (Lipinski definition) is 4. The first-order valence-corrected chi connectivity index (χ1v) is 7.34. The van der Waals surface area contributed by atoms with E-state index in [0.717, 1.165) is 0 Å². The van der Waals surface area contributed by atoms with Crippen molar-refractivity contribution in [3.8, 4) is 17.6 Å². The summed E-state index contributed by atoms with van der Waals surface area (Å²) >= 11 is 0. The van der Waals surface area contributed by atoms with E-state index in [1.807, 2.05) is 6.07 Å². The molecule has 0 N–H and O–H groups in total. The summed E-state index contributed by atoms with van der Waals surface area (Å²) in [7, 11) is 1.45. The van der Waals surface area contributed by atoms with Gasteiger partial charge in [0.25, 0.3) is 0 Å². The van der Waals surface area contributed by atoms with Crippen LogP contribution in [0.25, 0.3) is 11.6 Å². The number of ether oxygens (including phenoxy) is 2. The fraction of sp³-hybridized carbons (Fsp3) is 0.158. The fourth-order valence-corrected chi connectivity index (χ4v) is 2.07. The molecule has 0 aliphatic heterocycles. The lowest BCUT2D eigenvalue weighted by molar-refractivity contribution is -0.134. The summed E-state index contributed by atoms with van der Waals surface area (Å²) in [4.78, 5) is 11.4. The second-order valence-electron chi connectivity index (χ2n) is 4.89. The molecule has 0 fully saturated rings. The predicted octanol–water partition coefficient (Wildman–Crippen LogP) is 4.21. The smallest absolute Gasteiger partial charge is 0.311 e. The maximum atomic E-state index is 13.8. The average Bonchev–Trinajstić information content (AvgIpc) is 2.61. The van der Waals surface area contributed by atoms with Gasteiger partial charge in [-0.05, 0) is 29.8 Å². The van der Waals surface area contributed by atoms with Crippen LogP contribution in [0, 0.1) is 17.1 Å². The summed E-state index contributed by atoms with van der Waals surface area (Å²) in [5.41, 5.74) is 1.04. The molecular weight excluding hydrogens is 309 g/mol. The van der Waals surface area contributed by atoms with Gasteiger partial charge in [0, 0.05) is 12.0 Å². The molecule has 0 unspecified atom stereocenters. The van der Waals surface area contributed by atoms with Crippen LogP contribution in [0.5, 0.6) is 11.5 Å². The van der Waals surface area contributed by atoms with Crippen LogP contribution in [0.2, 0.25) is 0 Å². The highest BCUT2D eigenvalue weighted by molar-refractivity contribution is 5.90. The van der Waals surface area contributed by atoms with Crippen molar-refractivity contribution < 1.29 is 18.7 Å². The molecule has 0 aliphatic rings. The summed E-state index contributed by atoms with van der Waals surface area (Å²) in [5.74, 6) is -0.186. The van der Waals surface area contributed by atoms with E-state index in [1.165, 1.54) is 13.2 Å². The summed E-state index contributed by atoms with van der Waals surface area (Å²) in [6.07, 6.45) is 1.79.